The highest BCUT2D eigenvalue weighted by Gasteiger charge is 2.40. The second kappa shape index (κ2) is 12.9. The maximum Gasteiger partial charge on any atom is 0.0650 e. The number of aromatic nitrogens is 1. The van der Waals surface area contributed by atoms with E-state index in [-0.39, 0.29) is 12.0 Å². The van der Waals surface area contributed by atoms with Crippen molar-refractivity contribution < 1.29 is 0 Å². The molecule has 3 nitrogen and oxygen atoms in total. The van der Waals surface area contributed by atoms with Crippen LogP contribution in [0.25, 0.3) is 50.7 Å². The molecule has 2 aliphatic carbocycles. The van der Waals surface area contributed by atoms with Crippen LogP contribution in [0.2, 0.25) is 0 Å². The van der Waals surface area contributed by atoms with E-state index in [1.54, 1.807) is 0 Å². The van der Waals surface area contributed by atoms with Gasteiger partial charge in [-0.3, -0.25) is 0 Å². The van der Waals surface area contributed by atoms with E-state index in [2.05, 4.69) is 215 Å². The molecule has 0 N–H and O–H groups in total. The Morgan fingerprint density at radius 3 is 1.93 bits per heavy atom. The Morgan fingerprint density at radius 1 is 0.509 bits per heavy atom. The Morgan fingerprint density at radius 2 is 1.16 bits per heavy atom. The predicted octanol–water partition coefficient (Wildman–Crippen LogP) is 11.7. The molecule has 2 heterocycles. The quantitative estimate of drug-likeness (QED) is 0.171. The van der Waals surface area contributed by atoms with Gasteiger partial charge in [0.2, 0.25) is 0 Å². The summed E-state index contributed by atoms with van der Waals surface area (Å²) >= 11 is 0. The topological polar surface area (TPSA) is 11.4 Å². The minimum Gasteiger partial charge on any atom is -0.333 e. The summed E-state index contributed by atoms with van der Waals surface area (Å²) in [7, 11) is 0. The molecule has 262 valence electrons. The van der Waals surface area contributed by atoms with Crippen molar-refractivity contribution in [3.05, 3.63) is 210 Å². The largest absolute Gasteiger partial charge is 0.333 e. The van der Waals surface area contributed by atoms with Gasteiger partial charge in [0.1, 0.15) is 0 Å². The molecule has 0 bridgehead atoms. The molecule has 3 aliphatic rings. The molecule has 0 saturated heterocycles. The SMILES string of the molecule is C1=C(N(c2ccccc2)c2ccc(-c3ccccc3)cc2)CCC(n2c3c(c4ccccc42)=CC2c4c(ccc5ccccc45)N(c4ccccc4)C2C=3)=C1. The van der Waals surface area contributed by atoms with Gasteiger partial charge in [-0.05, 0) is 107 Å². The fraction of sp³-hybridized carbons (Fsp3) is 0.0769. The van der Waals surface area contributed by atoms with Crippen LogP contribution in [0.5, 0.6) is 0 Å². The van der Waals surface area contributed by atoms with Crippen LogP contribution in [0.1, 0.15) is 24.3 Å². The van der Waals surface area contributed by atoms with Gasteiger partial charge in [0.15, 0.2) is 0 Å². The van der Waals surface area contributed by atoms with Crippen LogP contribution >= 0.6 is 0 Å². The third-order valence-electron chi connectivity index (χ3n) is 11.8. The Balaban J connectivity index is 1.05. The Kier molecular flexibility index (Phi) is 7.44. The maximum absolute atomic E-state index is 2.58. The summed E-state index contributed by atoms with van der Waals surface area (Å²) in [6, 6.07) is 64.0. The minimum absolute atomic E-state index is 0.154. The first kappa shape index (κ1) is 31.7. The van der Waals surface area contributed by atoms with Crippen LogP contribution in [0, 0.1) is 0 Å². The van der Waals surface area contributed by atoms with Crippen LogP contribution < -0.4 is 20.4 Å². The molecule has 2 unspecified atom stereocenters. The average Bonchev–Trinajstić information content (AvgIpc) is 3.76. The molecular weight excluding hydrogens is 667 g/mol. The molecule has 11 rings (SSSR count). The lowest BCUT2D eigenvalue weighted by Gasteiger charge is -2.31. The van der Waals surface area contributed by atoms with E-state index in [0.717, 1.165) is 12.8 Å². The molecule has 0 spiro atoms. The van der Waals surface area contributed by atoms with Gasteiger partial charge in [-0.15, -0.1) is 0 Å². The van der Waals surface area contributed by atoms with Gasteiger partial charge in [0.25, 0.3) is 0 Å². The third kappa shape index (κ3) is 5.19. The lowest BCUT2D eigenvalue weighted by molar-refractivity contribution is 0.795. The number of hydrogen-bond acceptors (Lipinski definition) is 2. The molecule has 0 amide bonds. The van der Waals surface area contributed by atoms with Gasteiger partial charge in [-0.1, -0.05) is 133 Å². The molecule has 0 radical (unpaired) electrons. The van der Waals surface area contributed by atoms with E-state index < -0.39 is 0 Å². The van der Waals surface area contributed by atoms with Crippen molar-refractivity contribution >= 4 is 62.3 Å². The summed E-state index contributed by atoms with van der Waals surface area (Å²) < 4.78 is 2.55. The third-order valence-corrected chi connectivity index (χ3v) is 11.8. The summed E-state index contributed by atoms with van der Waals surface area (Å²) in [4.78, 5) is 5.00. The number of anilines is 4. The van der Waals surface area contributed by atoms with Crippen molar-refractivity contribution in [1.29, 1.82) is 0 Å². The first-order valence-electron chi connectivity index (χ1n) is 19.4. The van der Waals surface area contributed by atoms with Crippen molar-refractivity contribution in [2.75, 3.05) is 9.80 Å². The first-order chi connectivity index (χ1) is 27.3. The highest BCUT2D eigenvalue weighted by atomic mass is 15.2. The number of nitrogens with zero attached hydrogens (tertiary/aromatic N) is 3. The summed E-state index contributed by atoms with van der Waals surface area (Å²) in [5.74, 6) is 0.229. The van der Waals surface area contributed by atoms with E-state index in [0.29, 0.717) is 0 Å². The Labute approximate surface area is 321 Å². The summed E-state index contributed by atoms with van der Waals surface area (Å²) in [5.41, 5.74) is 12.6. The van der Waals surface area contributed by atoms with E-state index in [9.17, 15) is 0 Å². The Hall–Kier alpha value is -6.84. The number of fused-ring (bicyclic) bond motifs is 8. The average molecular weight is 706 g/mol. The highest BCUT2D eigenvalue weighted by molar-refractivity contribution is 5.98. The van der Waals surface area contributed by atoms with Gasteiger partial charge in [0.05, 0.1) is 16.9 Å². The smallest absolute Gasteiger partial charge is 0.0650 e. The number of hydrogen-bond donors (Lipinski definition) is 0. The van der Waals surface area contributed by atoms with Crippen molar-refractivity contribution in [2.24, 2.45) is 0 Å². The molecule has 8 aromatic rings. The number of allylic oxidation sites excluding steroid dienone is 4. The number of benzene rings is 7. The second-order valence-corrected chi connectivity index (χ2v) is 14.8. The maximum atomic E-state index is 2.58. The van der Waals surface area contributed by atoms with Crippen molar-refractivity contribution in [3.8, 4) is 11.1 Å². The monoisotopic (exact) mass is 705 g/mol. The van der Waals surface area contributed by atoms with E-state index in [4.69, 9.17) is 0 Å². The molecule has 55 heavy (non-hydrogen) atoms. The molecule has 7 aromatic carbocycles. The zero-order valence-corrected chi connectivity index (χ0v) is 30.5. The van der Waals surface area contributed by atoms with Gasteiger partial charge in [-0.2, -0.15) is 0 Å². The van der Waals surface area contributed by atoms with Crippen molar-refractivity contribution in [3.63, 3.8) is 0 Å². The van der Waals surface area contributed by atoms with Crippen LogP contribution in [0.15, 0.2) is 194 Å². The van der Waals surface area contributed by atoms with Crippen molar-refractivity contribution in [1.82, 2.24) is 4.57 Å². The fourth-order valence-electron chi connectivity index (χ4n) is 9.35. The van der Waals surface area contributed by atoms with Crippen LogP contribution in [0.4, 0.5) is 22.7 Å². The van der Waals surface area contributed by atoms with E-state index in [1.165, 1.54) is 83.1 Å². The molecule has 1 aromatic heterocycles. The van der Waals surface area contributed by atoms with Gasteiger partial charge >= 0.3 is 0 Å². The molecular formula is C52H39N3. The number of para-hydroxylation sites is 3. The van der Waals surface area contributed by atoms with E-state index >= 15 is 0 Å². The van der Waals surface area contributed by atoms with Gasteiger partial charge in [-0.25, -0.2) is 0 Å². The van der Waals surface area contributed by atoms with Crippen molar-refractivity contribution in [2.45, 2.75) is 24.8 Å². The zero-order valence-electron chi connectivity index (χ0n) is 30.5. The Bertz CT molecular complexity index is 2920. The summed E-state index contributed by atoms with van der Waals surface area (Å²) in [5, 5.41) is 6.58. The van der Waals surface area contributed by atoms with Crippen LogP contribution in [-0.2, 0) is 0 Å². The summed E-state index contributed by atoms with van der Waals surface area (Å²) in [6.45, 7) is 0. The molecule has 1 aliphatic heterocycles. The number of rotatable bonds is 6. The molecule has 2 atom stereocenters. The van der Waals surface area contributed by atoms with Gasteiger partial charge in [0, 0.05) is 50.7 Å². The van der Waals surface area contributed by atoms with Gasteiger partial charge < -0.3 is 14.4 Å². The minimum atomic E-state index is 0.154. The lowest BCUT2D eigenvalue weighted by Crippen LogP contribution is -2.40. The highest BCUT2D eigenvalue weighted by Crippen LogP contribution is 2.50. The molecule has 0 fully saturated rings. The fourth-order valence-corrected chi connectivity index (χ4v) is 9.35. The standard InChI is InChI=1S/C52H39N3/c1-4-14-36(15-5-1)37-24-27-41(28-25-37)53(39-17-6-2-7-18-39)42-29-31-43(32-30-42)54-48-23-13-12-22-45(48)46-34-47-51(35-50(46)54)55(40-19-8-3-9-20-40)49-33-26-38-16-10-11-21-44(38)52(47)49/h1-29,31,33-35,47,51H,30,32H2. The second-order valence-electron chi connectivity index (χ2n) is 14.8. The normalized spacial score (nSPS) is 17.1. The zero-order chi connectivity index (χ0) is 36.3. The van der Waals surface area contributed by atoms with Crippen LogP contribution in [-0.4, -0.2) is 10.6 Å². The van der Waals surface area contributed by atoms with E-state index in [1.807, 2.05) is 0 Å². The molecule has 0 saturated carbocycles. The molecule has 3 heteroatoms. The first-order valence-corrected chi connectivity index (χ1v) is 19.4. The van der Waals surface area contributed by atoms with Crippen LogP contribution in [0.3, 0.4) is 0 Å². The lowest BCUT2D eigenvalue weighted by atomic mass is 9.87. The predicted molar refractivity (Wildman–Crippen MR) is 231 cm³/mol. The summed E-state index contributed by atoms with van der Waals surface area (Å²) in [6.07, 6.45) is 11.7.